The molecule has 1 aromatic carbocycles. The second-order valence-corrected chi connectivity index (χ2v) is 11.7. The number of para-hydroxylation sites is 1. The van der Waals surface area contributed by atoms with Crippen LogP contribution < -0.4 is 4.74 Å². The van der Waals surface area contributed by atoms with Gasteiger partial charge in [0.1, 0.15) is 23.7 Å². The number of piperidine rings is 1. The normalized spacial score (nSPS) is 18.7. The predicted molar refractivity (Wildman–Crippen MR) is 152 cm³/mol. The molecule has 3 aromatic rings. The van der Waals surface area contributed by atoms with Crippen LogP contribution in [-0.4, -0.2) is 58.6 Å². The minimum absolute atomic E-state index is 0.0686. The van der Waals surface area contributed by atoms with Crippen molar-refractivity contribution in [3.63, 3.8) is 0 Å². The highest BCUT2D eigenvalue weighted by Gasteiger charge is 2.38. The van der Waals surface area contributed by atoms with Crippen LogP contribution in [0.15, 0.2) is 53.3 Å². The second-order valence-electron chi connectivity index (χ2n) is 11.7. The van der Waals surface area contributed by atoms with Gasteiger partial charge >= 0.3 is 0 Å². The molecule has 0 bridgehead atoms. The van der Waals surface area contributed by atoms with Crippen LogP contribution in [0, 0.1) is 12.3 Å². The van der Waals surface area contributed by atoms with Gasteiger partial charge in [0.2, 0.25) is 0 Å². The number of hydrogen-bond acceptors (Lipinski definition) is 6. The molecule has 208 valence electrons. The van der Waals surface area contributed by atoms with Crippen LogP contribution in [0.25, 0.3) is 0 Å². The summed E-state index contributed by atoms with van der Waals surface area (Å²) in [6.45, 7) is 10.9. The number of nitrogens with zero attached hydrogens (tertiary/aromatic N) is 4. The maximum Gasteiger partial charge on any atom is 0.259 e. The number of amides is 1. The topological polar surface area (TPSA) is 71.7 Å². The number of pyridine rings is 1. The highest BCUT2D eigenvalue weighted by Crippen LogP contribution is 2.39. The molecule has 1 amide bonds. The van der Waals surface area contributed by atoms with E-state index in [1.165, 1.54) is 24.0 Å². The molecule has 1 fully saturated rings. The minimum atomic E-state index is 0.0686. The third-order valence-corrected chi connectivity index (χ3v) is 8.52. The van der Waals surface area contributed by atoms with Gasteiger partial charge in [0.05, 0.1) is 5.69 Å². The zero-order valence-electron chi connectivity index (χ0n) is 23.7. The van der Waals surface area contributed by atoms with Crippen molar-refractivity contribution in [1.29, 1.82) is 0 Å². The summed E-state index contributed by atoms with van der Waals surface area (Å²) in [5.74, 6) is 1.86. The first-order valence-corrected chi connectivity index (χ1v) is 14.5. The first kappa shape index (κ1) is 27.4. The summed E-state index contributed by atoms with van der Waals surface area (Å²) in [5, 5.41) is 4.19. The first-order valence-electron chi connectivity index (χ1n) is 14.5. The fraction of sp³-hybridized carbons (Fsp3) is 0.531. The third kappa shape index (κ3) is 6.52. The average molecular weight is 531 g/mol. The van der Waals surface area contributed by atoms with Crippen LogP contribution in [0.5, 0.6) is 5.75 Å². The molecule has 0 saturated carbocycles. The van der Waals surface area contributed by atoms with E-state index in [1.54, 1.807) is 0 Å². The largest absolute Gasteiger partial charge is 0.492 e. The highest BCUT2D eigenvalue weighted by atomic mass is 16.5. The van der Waals surface area contributed by atoms with Crippen molar-refractivity contribution in [2.24, 2.45) is 5.41 Å². The van der Waals surface area contributed by atoms with Crippen molar-refractivity contribution in [1.82, 2.24) is 19.9 Å². The van der Waals surface area contributed by atoms with Gasteiger partial charge in [-0.1, -0.05) is 43.6 Å². The lowest BCUT2D eigenvalue weighted by Crippen LogP contribution is -2.48. The molecular formula is C32H42N4O3. The quantitative estimate of drug-likeness (QED) is 0.410. The van der Waals surface area contributed by atoms with Crippen molar-refractivity contribution in [2.45, 2.75) is 71.8 Å². The Kier molecular flexibility index (Phi) is 8.66. The first-order chi connectivity index (χ1) is 18.9. The summed E-state index contributed by atoms with van der Waals surface area (Å²) in [5.41, 5.74) is 4.18. The molecule has 1 spiro atoms. The summed E-state index contributed by atoms with van der Waals surface area (Å²) >= 11 is 0. The Morgan fingerprint density at radius 3 is 2.56 bits per heavy atom. The van der Waals surface area contributed by atoms with E-state index in [4.69, 9.17) is 9.26 Å². The van der Waals surface area contributed by atoms with Crippen LogP contribution in [-0.2, 0) is 13.0 Å². The molecule has 39 heavy (non-hydrogen) atoms. The van der Waals surface area contributed by atoms with E-state index < -0.39 is 0 Å². The Hall–Kier alpha value is -3.19. The maximum atomic E-state index is 13.6. The Morgan fingerprint density at radius 1 is 1.03 bits per heavy atom. The van der Waals surface area contributed by atoms with Gasteiger partial charge < -0.3 is 14.2 Å². The zero-order valence-corrected chi connectivity index (χ0v) is 23.7. The molecule has 2 aliphatic heterocycles. The number of ether oxygens (including phenoxy) is 1. The predicted octanol–water partition coefficient (Wildman–Crippen LogP) is 6.03. The van der Waals surface area contributed by atoms with E-state index in [0.717, 1.165) is 69.9 Å². The number of hydrogen-bond donors (Lipinski definition) is 0. The summed E-state index contributed by atoms with van der Waals surface area (Å²) in [6.07, 6.45) is 10.3. The van der Waals surface area contributed by atoms with Gasteiger partial charge in [0.15, 0.2) is 0 Å². The molecule has 5 rings (SSSR count). The van der Waals surface area contributed by atoms with Gasteiger partial charge in [0, 0.05) is 45.1 Å². The molecule has 4 heterocycles. The summed E-state index contributed by atoms with van der Waals surface area (Å²) < 4.78 is 11.7. The van der Waals surface area contributed by atoms with E-state index >= 15 is 0 Å². The summed E-state index contributed by atoms with van der Waals surface area (Å²) in [6, 6.07) is 12.7. The van der Waals surface area contributed by atoms with Crippen LogP contribution in [0.3, 0.4) is 0 Å². The minimum Gasteiger partial charge on any atom is -0.492 e. The van der Waals surface area contributed by atoms with Crippen molar-refractivity contribution in [2.75, 3.05) is 32.8 Å². The number of fused-ring (bicyclic) bond motifs is 1. The van der Waals surface area contributed by atoms with E-state index in [9.17, 15) is 4.79 Å². The van der Waals surface area contributed by atoms with Crippen LogP contribution in [0.2, 0.25) is 0 Å². The number of aryl methyl sites for hydroxylation is 2. The molecule has 0 N–H and O–H groups in total. The van der Waals surface area contributed by atoms with Crippen molar-refractivity contribution < 1.29 is 14.1 Å². The van der Waals surface area contributed by atoms with Gasteiger partial charge in [-0.3, -0.25) is 14.7 Å². The molecule has 0 radical (unpaired) electrons. The molecule has 7 nitrogen and oxygen atoms in total. The van der Waals surface area contributed by atoms with Crippen molar-refractivity contribution in [3.05, 3.63) is 76.9 Å². The highest BCUT2D eigenvalue weighted by molar-refractivity contribution is 5.96. The fourth-order valence-electron chi connectivity index (χ4n) is 6.26. The second kappa shape index (κ2) is 12.3. The Labute approximate surface area is 232 Å². The lowest BCUT2D eigenvalue weighted by molar-refractivity contribution is 0.0359. The standard InChI is InChI=1S/C32H42N4O3/c1-24(2)30-29(25(3)39-34-30)31(37)36-18-14-32(15-19-36)13-7-6-9-27-8-4-5-10-28(27)38-21-20-35(23-32)22-26-11-16-33-17-12-26/h4-5,8,10-12,16-17,24H,6-7,9,13-15,18-23H2,1-3H3. The lowest BCUT2D eigenvalue weighted by Gasteiger charge is -2.45. The number of carbonyl (C=O) groups excluding carboxylic acids is 1. The number of likely N-dealkylation sites (tertiary alicyclic amines) is 1. The van der Waals surface area contributed by atoms with Crippen molar-refractivity contribution in [3.8, 4) is 5.75 Å². The molecule has 2 aromatic heterocycles. The molecular weight excluding hydrogens is 488 g/mol. The molecule has 0 atom stereocenters. The van der Waals surface area contributed by atoms with E-state index in [2.05, 4.69) is 65.3 Å². The van der Waals surface area contributed by atoms with Crippen LogP contribution in [0.4, 0.5) is 0 Å². The number of aromatic nitrogens is 2. The van der Waals surface area contributed by atoms with Gasteiger partial charge in [-0.05, 0) is 79.7 Å². The van der Waals surface area contributed by atoms with E-state index in [0.29, 0.717) is 17.9 Å². The zero-order chi connectivity index (χ0) is 27.2. The molecule has 0 aliphatic carbocycles. The number of benzene rings is 1. The smallest absolute Gasteiger partial charge is 0.259 e. The maximum absolute atomic E-state index is 13.6. The van der Waals surface area contributed by atoms with Gasteiger partial charge in [0.25, 0.3) is 5.91 Å². The molecule has 2 aliphatic rings. The summed E-state index contributed by atoms with van der Waals surface area (Å²) in [4.78, 5) is 22.4. The number of rotatable bonds is 4. The van der Waals surface area contributed by atoms with Gasteiger partial charge in [-0.2, -0.15) is 0 Å². The summed E-state index contributed by atoms with van der Waals surface area (Å²) in [7, 11) is 0. The third-order valence-electron chi connectivity index (χ3n) is 8.52. The molecule has 1 saturated heterocycles. The lowest BCUT2D eigenvalue weighted by atomic mass is 9.73. The Bertz CT molecular complexity index is 1230. The van der Waals surface area contributed by atoms with Crippen molar-refractivity contribution >= 4 is 5.91 Å². The van der Waals surface area contributed by atoms with E-state index in [-0.39, 0.29) is 17.2 Å². The Balaban J connectivity index is 1.34. The SMILES string of the molecule is Cc1onc(C(C)C)c1C(=O)N1CCC2(CCCCc3ccccc3OCCN(Cc3ccncc3)C2)CC1. The van der Waals surface area contributed by atoms with Crippen LogP contribution in [0.1, 0.15) is 84.8 Å². The monoisotopic (exact) mass is 530 g/mol. The van der Waals surface area contributed by atoms with Gasteiger partial charge in [-0.25, -0.2) is 0 Å². The van der Waals surface area contributed by atoms with E-state index in [1.807, 2.05) is 24.2 Å². The molecule has 0 unspecified atom stereocenters. The molecule has 7 heteroatoms. The number of carbonyl (C=O) groups is 1. The fourth-order valence-corrected chi connectivity index (χ4v) is 6.26. The van der Waals surface area contributed by atoms with Crippen LogP contribution >= 0.6 is 0 Å². The average Bonchev–Trinajstić information content (AvgIpc) is 3.33. The van der Waals surface area contributed by atoms with Gasteiger partial charge in [-0.15, -0.1) is 0 Å². The Morgan fingerprint density at radius 2 is 1.79 bits per heavy atom.